The van der Waals surface area contributed by atoms with Crippen molar-refractivity contribution in [3.63, 3.8) is 0 Å². The van der Waals surface area contributed by atoms with Crippen LogP contribution in [0.5, 0.6) is 0 Å². The molecule has 2 rings (SSSR count). The number of hydrogen-bond donors (Lipinski definition) is 1. The second kappa shape index (κ2) is 4.51. The molecule has 2 heterocycles. The number of rotatable bonds is 3. The summed E-state index contributed by atoms with van der Waals surface area (Å²) in [6.07, 6.45) is 4.58. The summed E-state index contributed by atoms with van der Waals surface area (Å²) in [6.45, 7) is 2.56. The summed E-state index contributed by atoms with van der Waals surface area (Å²) in [7, 11) is 0. The molecule has 2 aromatic heterocycles. The van der Waals surface area contributed by atoms with Gasteiger partial charge >= 0.3 is 0 Å². The third-order valence-corrected chi connectivity index (χ3v) is 3.38. The molecule has 0 aliphatic heterocycles. The van der Waals surface area contributed by atoms with E-state index in [0.717, 1.165) is 17.1 Å². The summed E-state index contributed by atoms with van der Waals surface area (Å²) in [6, 6.07) is 4.03. The minimum absolute atomic E-state index is 0.526. The molecule has 0 atom stereocenters. The Morgan fingerprint density at radius 3 is 2.93 bits per heavy atom. The second-order valence-electron chi connectivity index (χ2n) is 3.36. The predicted octanol–water partition coefficient (Wildman–Crippen LogP) is 1.90. The van der Waals surface area contributed by atoms with Gasteiger partial charge in [0, 0.05) is 30.2 Å². The Hall–Kier alpha value is -1.26. The van der Waals surface area contributed by atoms with Gasteiger partial charge in [-0.15, -0.1) is 11.3 Å². The fourth-order valence-electron chi connectivity index (χ4n) is 1.43. The van der Waals surface area contributed by atoms with Crippen LogP contribution < -0.4 is 5.73 Å². The van der Waals surface area contributed by atoms with E-state index in [0.29, 0.717) is 6.54 Å². The Labute approximate surface area is 93.0 Å². The van der Waals surface area contributed by atoms with E-state index in [4.69, 9.17) is 5.73 Å². The van der Waals surface area contributed by atoms with Crippen LogP contribution in [0.1, 0.15) is 21.1 Å². The highest BCUT2D eigenvalue weighted by atomic mass is 32.1. The molecule has 0 amide bonds. The van der Waals surface area contributed by atoms with Crippen LogP contribution in [-0.4, -0.2) is 9.97 Å². The SMILES string of the molecule is Cc1nc(CN)sc1Cc1cccnc1. The summed E-state index contributed by atoms with van der Waals surface area (Å²) >= 11 is 1.69. The molecule has 78 valence electrons. The average molecular weight is 219 g/mol. The first-order chi connectivity index (χ1) is 7.29. The van der Waals surface area contributed by atoms with Crippen LogP contribution in [0, 0.1) is 6.92 Å². The smallest absolute Gasteiger partial charge is 0.107 e. The van der Waals surface area contributed by atoms with Gasteiger partial charge in [0.2, 0.25) is 0 Å². The van der Waals surface area contributed by atoms with E-state index in [9.17, 15) is 0 Å². The molecule has 0 radical (unpaired) electrons. The fourth-order valence-corrected chi connectivity index (χ4v) is 2.41. The Bertz CT molecular complexity index is 436. The van der Waals surface area contributed by atoms with Gasteiger partial charge in [0.05, 0.1) is 5.69 Å². The highest BCUT2D eigenvalue weighted by Gasteiger charge is 2.06. The monoisotopic (exact) mass is 219 g/mol. The van der Waals surface area contributed by atoms with E-state index < -0.39 is 0 Å². The molecule has 0 aliphatic carbocycles. The lowest BCUT2D eigenvalue weighted by atomic mass is 10.2. The summed E-state index contributed by atoms with van der Waals surface area (Å²) in [5.41, 5.74) is 7.86. The van der Waals surface area contributed by atoms with Gasteiger partial charge in [0.1, 0.15) is 5.01 Å². The summed E-state index contributed by atoms with van der Waals surface area (Å²) in [4.78, 5) is 9.78. The molecule has 0 aromatic carbocycles. The lowest BCUT2D eigenvalue weighted by Crippen LogP contribution is -1.94. The van der Waals surface area contributed by atoms with Gasteiger partial charge in [-0.2, -0.15) is 0 Å². The molecule has 0 unspecified atom stereocenters. The molecular weight excluding hydrogens is 206 g/mol. The minimum atomic E-state index is 0.526. The molecule has 3 nitrogen and oxygen atoms in total. The van der Waals surface area contributed by atoms with E-state index >= 15 is 0 Å². The quantitative estimate of drug-likeness (QED) is 0.857. The van der Waals surface area contributed by atoms with Crippen molar-refractivity contribution in [3.05, 3.63) is 45.7 Å². The molecule has 0 spiro atoms. The van der Waals surface area contributed by atoms with Crippen molar-refractivity contribution in [2.45, 2.75) is 19.9 Å². The zero-order valence-electron chi connectivity index (χ0n) is 8.60. The number of thiazole rings is 1. The van der Waals surface area contributed by atoms with E-state index in [1.165, 1.54) is 10.4 Å². The van der Waals surface area contributed by atoms with Crippen LogP contribution in [0.4, 0.5) is 0 Å². The lowest BCUT2D eigenvalue weighted by Gasteiger charge is -1.97. The van der Waals surface area contributed by atoms with Gasteiger partial charge in [0.15, 0.2) is 0 Å². The number of nitrogens with two attached hydrogens (primary N) is 1. The molecule has 4 heteroatoms. The zero-order chi connectivity index (χ0) is 10.7. The van der Waals surface area contributed by atoms with E-state index in [1.807, 2.05) is 19.2 Å². The minimum Gasteiger partial charge on any atom is -0.325 e. The maximum absolute atomic E-state index is 5.56. The molecule has 0 aliphatic rings. The third-order valence-electron chi connectivity index (χ3n) is 2.20. The van der Waals surface area contributed by atoms with Crippen LogP contribution in [0.25, 0.3) is 0 Å². The highest BCUT2D eigenvalue weighted by molar-refractivity contribution is 7.11. The first-order valence-electron chi connectivity index (χ1n) is 4.83. The number of pyridine rings is 1. The van der Waals surface area contributed by atoms with E-state index in [1.54, 1.807) is 17.5 Å². The average Bonchev–Trinajstić information content (AvgIpc) is 2.61. The van der Waals surface area contributed by atoms with Gasteiger partial charge < -0.3 is 5.73 Å². The molecule has 15 heavy (non-hydrogen) atoms. The number of aromatic nitrogens is 2. The normalized spacial score (nSPS) is 10.5. The van der Waals surface area contributed by atoms with E-state index in [-0.39, 0.29) is 0 Å². The second-order valence-corrected chi connectivity index (χ2v) is 4.53. The predicted molar refractivity (Wildman–Crippen MR) is 61.8 cm³/mol. The summed E-state index contributed by atoms with van der Waals surface area (Å²) in [5.74, 6) is 0. The molecule has 0 bridgehead atoms. The van der Waals surface area contributed by atoms with Gasteiger partial charge in [-0.05, 0) is 18.6 Å². The van der Waals surface area contributed by atoms with Crippen molar-refractivity contribution >= 4 is 11.3 Å². The third kappa shape index (κ3) is 2.40. The number of aryl methyl sites for hydroxylation is 1. The van der Waals surface area contributed by atoms with E-state index in [2.05, 4.69) is 16.0 Å². The van der Waals surface area contributed by atoms with Crippen molar-refractivity contribution < 1.29 is 0 Å². The van der Waals surface area contributed by atoms with Crippen LogP contribution in [0.2, 0.25) is 0 Å². The summed E-state index contributed by atoms with van der Waals surface area (Å²) in [5, 5.41) is 1.01. The number of hydrogen-bond acceptors (Lipinski definition) is 4. The molecule has 0 fully saturated rings. The Morgan fingerprint density at radius 2 is 2.33 bits per heavy atom. The molecule has 2 aromatic rings. The topological polar surface area (TPSA) is 51.8 Å². The Balaban J connectivity index is 2.21. The van der Waals surface area contributed by atoms with Crippen LogP contribution in [0.15, 0.2) is 24.5 Å². The van der Waals surface area contributed by atoms with Gasteiger partial charge in [-0.25, -0.2) is 4.98 Å². The first kappa shape index (κ1) is 10.3. The van der Waals surface area contributed by atoms with Crippen LogP contribution in [-0.2, 0) is 13.0 Å². The lowest BCUT2D eigenvalue weighted by molar-refractivity contribution is 1.01. The van der Waals surface area contributed by atoms with Crippen molar-refractivity contribution in [1.82, 2.24) is 9.97 Å². The maximum Gasteiger partial charge on any atom is 0.107 e. The zero-order valence-corrected chi connectivity index (χ0v) is 9.42. The van der Waals surface area contributed by atoms with Gasteiger partial charge in [-0.3, -0.25) is 4.98 Å². The molecule has 0 saturated heterocycles. The standard InChI is InChI=1S/C11H13N3S/c1-8-10(15-11(6-12)14-8)5-9-3-2-4-13-7-9/h2-4,7H,5-6,12H2,1H3. The highest BCUT2D eigenvalue weighted by Crippen LogP contribution is 2.20. The Morgan fingerprint density at radius 1 is 1.47 bits per heavy atom. The van der Waals surface area contributed by atoms with Crippen molar-refractivity contribution in [2.75, 3.05) is 0 Å². The maximum atomic E-state index is 5.56. The van der Waals surface area contributed by atoms with Crippen molar-refractivity contribution in [1.29, 1.82) is 0 Å². The molecular formula is C11H13N3S. The van der Waals surface area contributed by atoms with Gasteiger partial charge in [-0.1, -0.05) is 6.07 Å². The first-order valence-corrected chi connectivity index (χ1v) is 5.65. The Kier molecular flexibility index (Phi) is 3.08. The molecule has 0 saturated carbocycles. The largest absolute Gasteiger partial charge is 0.325 e. The van der Waals surface area contributed by atoms with Crippen molar-refractivity contribution in [2.24, 2.45) is 5.73 Å². The van der Waals surface area contributed by atoms with Gasteiger partial charge in [0.25, 0.3) is 0 Å². The van der Waals surface area contributed by atoms with Crippen LogP contribution >= 0.6 is 11.3 Å². The fraction of sp³-hybridized carbons (Fsp3) is 0.273. The molecule has 2 N–H and O–H groups in total. The van der Waals surface area contributed by atoms with Crippen LogP contribution in [0.3, 0.4) is 0 Å². The number of nitrogens with zero attached hydrogens (tertiary/aromatic N) is 2. The summed E-state index contributed by atoms with van der Waals surface area (Å²) < 4.78 is 0. The van der Waals surface area contributed by atoms with Crippen molar-refractivity contribution in [3.8, 4) is 0 Å².